The average Bonchev–Trinajstić information content (AvgIpc) is 2.21. The third-order valence-corrected chi connectivity index (χ3v) is 2.66. The predicted molar refractivity (Wildman–Crippen MR) is 64.7 cm³/mol. The lowest BCUT2D eigenvalue weighted by Crippen LogP contribution is -2.39. The van der Waals surface area contributed by atoms with Crippen LogP contribution in [0.2, 0.25) is 0 Å². The smallest absolute Gasteiger partial charge is 0.0638 e. The van der Waals surface area contributed by atoms with E-state index in [0.717, 1.165) is 32.5 Å². The van der Waals surface area contributed by atoms with Gasteiger partial charge in [0.2, 0.25) is 0 Å². The first-order chi connectivity index (χ1) is 7.15. The molecule has 0 radical (unpaired) electrons. The molecule has 0 rings (SSSR count). The van der Waals surface area contributed by atoms with Crippen LogP contribution in [-0.4, -0.2) is 49.6 Å². The van der Waals surface area contributed by atoms with Gasteiger partial charge in [0, 0.05) is 19.1 Å². The fraction of sp³-hybridized carbons (Fsp3) is 0.917. The van der Waals surface area contributed by atoms with E-state index in [9.17, 15) is 0 Å². The molecule has 0 aromatic carbocycles. The van der Waals surface area contributed by atoms with Gasteiger partial charge in [0.05, 0.1) is 12.5 Å². The third kappa shape index (κ3) is 6.48. The molecule has 0 heterocycles. The summed E-state index contributed by atoms with van der Waals surface area (Å²) in [6.07, 6.45) is 2.89. The molecule has 88 valence electrons. The minimum Gasteiger partial charge on any atom is -0.308 e. The molecule has 0 aromatic rings. The molecule has 1 unspecified atom stereocenters. The zero-order chi connectivity index (χ0) is 11.7. The second kappa shape index (κ2) is 8.70. The maximum Gasteiger partial charge on any atom is 0.0638 e. The van der Waals surface area contributed by atoms with Gasteiger partial charge in [-0.3, -0.25) is 4.90 Å². The predicted octanol–water partition coefficient (Wildman–Crippen LogP) is 1.95. The highest BCUT2D eigenvalue weighted by Gasteiger charge is 2.15. The fourth-order valence-electron chi connectivity index (χ4n) is 1.73. The van der Waals surface area contributed by atoms with E-state index in [1.807, 2.05) is 0 Å². The molecule has 0 amide bonds. The van der Waals surface area contributed by atoms with Crippen molar-refractivity contribution >= 4 is 0 Å². The second-order valence-electron chi connectivity index (χ2n) is 4.26. The summed E-state index contributed by atoms with van der Waals surface area (Å²) in [6, 6.07) is 2.73. The van der Waals surface area contributed by atoms with Gasteiger partial charge in [-0.1, -0.05) is 13.8 Å². The highest BCUT2D eigenvalue weighted by molar-refractivity contribution is 4.82. The Morgan fingerprint density at radius 3 is 2.20 bits per heavy atom. The maximum absolute atomic E-state index is 8.78. The molecule has 0 spiro atoms. The number of nitrogens with zero attached hydrogens (tertiary/aromatic N) is 3. The van der Waals surface area contributed by atoms with Gasteiger partial charge in [-0.2, -0.15) is 5.26 Å². The monoisotopic (exact) mass is 211 g/mol. The van der Waals surface area contributed by atoms with Gasteiger partial charge >= 0.3 is 0 Å². The Labute approximate surface area is 94.7 Å². The van der Waals surface area contributed by atoms with Crippen LogP contribution in [0.4, 0.5) is 0 Å². The lowest BCUT2D eigenvalue weighted by Gasteiger charge is -2.30. The molecule has 0 aliphatic rings. The van der Waals surface area contributed by atoms with E-state index in [4.69, 9.17) is 5.26 Å². The number of likely N-dealkylation sites (N-methyl/N-ethyl adjacent to an activating group) is 1. The molecule has 0 aliphatic heterocycles. The first-order valence-corrected chi connectivity index (χ1v) is 5.91. The van der Waals surface area contributed by atoms with Gasteiger partial charge in [0.15, 0.2) is 0 Å². The SMILES string of the molecule is CCCN(CCN(C)C)C(CC)CC#N. The van der Waals surface area contributed by atoms with Crippen molar-refractivity contribution in [2.45, 2.75) is 39.2 Å². The van der Waals surface area contributed by atoms with E-state index in [-0.39, 0.29) is 0 Å². The second-order valence-corrected chi connectivity index (χ2v) is 4.26. The van der Waals surface area contributed by atoms with Crippen LogP contribution >= 0.6 is 0 Å². The highest BCUT2D eigenvalue weighted by atomic mass is 15.2. The molecular formula is C12H25N3. The lowest BCUT2D eigenvalue weighted by molar-refractivity contribution is 0.175. The van der Waals surface area contributed by atoms with Gasteiger partial charge in [-0.05, 0) is 33.5 Å². The van der Waals surface area contributed by atoms with Crippen LogP contribution in [0.25, 0.3) is 0 Å². The minimum atomic E-state index is 0.440. The van der Waals surface area contributed by atoms with E-state index >= 15 is 0 Å². The van der Waals surface area contributed by atoms with Crippen LogP contribution in [0, 0.1) is 11.3 Å². The Hall–Kier alpha value is -0.590. The number of hydrogen-bond acceptors (Lipinski definition) is 3. The number of nitriles is 1. The molecule has 0 saturated carbocycles. The average molecular weight is 211 g/mol. The van der Waals surface area contributed by atoms with Crippen LogP contribution < -0.4 is 0 Å². The van der Waals surface area contributed by atoms with E-state index in [1.165, 1.54) is 0 Å². The van der Waals surface area contributed by atoms with Crippen LogP contribution in [0.5, 0.6) is 0 Å². The van der Waals surface area contributed by atoms with Crippen LogP contribution in [0.15, 0.2) is 0 Å². The van der Waals surface area contributed by atoms with Gasteiger partial charge in [-0.15, -0.1) is 0 Å². The third-order valence-electron chi connectivity index (χ3n) is 2.66. The Kier molecular flexibility index (Phi) is 8.35. The van der Waals surface area contributed by atoms with Crippen molar-refractivity contribution in [3.8, 4) is 6.07 Å². The van der Waals surface area contributed by atoms with Gasteiger partial charge in [0.1, 0.15) is 0 Å². The molecule has 0 aliphatic carbocycles. The zero-order valence-corrected chi connectivity index (χ0v) is 10.7. The van der Waals surface area contributed by atoms with Crippen molar-refractivity contribution in [2.24, 2.45) is 0 Å². The first-order valence-electron chi connectivity index (χ1n) is 5.91. The van der Waals surface area contributed by atoms with Crippen molar-refractivity contribution in [3.63, 3.8) is 0 Å². The van der Waals surface area contributed by atoms with E-state index < -0.39 is 0 Å². The number of rotatable bonds is 8. The molecule has 15 heavy (non-hydrogen) atoms. The summed E-state index contributed by atoms with van der Waals surface area (Å²) in [7, 11) is 4.19. The molecular weight excluding hydrogens is 186 g/mol. The largest absolute Gasteiger partial charge is 0.308 e. The Morgan fingerprint density at radius 1 is 1.13 bits per heavy atom. The van der Waals surface area contributed by atoms with Crippen molar-refractivity contribution in [2.75, 3.05) is 33.7 Å². The topological polar surface area (TPSA) is 30.3 Å². The molecule has 0 N–H and O–H groups in total. The van der Waals surface area contributed by atoms with Crippen LogP contribution in [-0.2, 0) is 0 Å². The maximum atomic E-state index is 8.78. The van der Waals surface area contributed by atoms with E-state index in [0.29, 0.717) is 12.5 Å². The van der Waals surface area contributed by atoms with E-state index in [2.05, 4.69) is 43.8 Å². The van der Waals surface area contributed by atoms with Crippen molar-refractivity contribution in [3.05, 3.63) is 0 Å². The van der Waals surface area contributed by atoms with Crippen molar-refractivity contribution < 1.29 is 0 Å². The number of hydrogen-bond donors (Lipinski definition) is 0. The standard InChI is InChI=1S/C12H25N3/c1-5-9-15(11-10-14(3)4)12(6-2)7-8-13/h12H,5-7,9-11H2,1-4H3. The van der Waals surface area contributed by atoms with Crippen LogP contribution in [0.1, 0.15) is 33.1 Å². The summed E-state index contributed by atoms with van der Waals surface area (Å²) in [5, 5.41) is 8.78. The Balaban J connectivity index is 4.15. The van der Waals surface area contributed by atoms with Crippen molar-refractivity contribution in [1.29, 1.82) is 5.26 Å². The zero-order valence-electron chi connectivity index (χ0n) is 10.7. The molecule has 1 atom stereocenters. The quantitative estimate of drug-likeness (QED) is 0.615. The summed E-state index contributed by atoms with van der Waals surface area (Å²) in [5.74, 6) is 0. The molecule has 3 nitrogen and oxygen atoms in total. The van der Waals surface area contributed by atoms with Crippen LogP contribution in [0.3, 0.4) is 0 Å². The Bertz CT molecular complexity index is 184. The molecule has 0 bridgehead atoms. The molecule has 3 heteroatoms. The molecule has 0 fully saturated rings. The summed E-state index contributed by atoms with van der Waals surface area (Å²) >= 11 is 0. The van der Waals surface area contributed by atoms with Crippen molar-refractivity contribution in [1.82, 2.24) is 9.80 Å². The van der Waals surface area contributed by atoms with Gasteiger partial charge < -0.3 is 4.90 Å². The van der Waals surface area contributed by atoms with E-state index in [1.54, 1.807) is 0 Å². The summed E-state index contributed by atoms with van der Waals surface area (Å²) in [5.41, 5.74) is 0. The lowest BCUT2D eigenvalue weighted by atomic mass is 10.1. The molecule has 0 saturated heterocycles. The minimum absolute atomic E-state index is 0.440. The first kappa shape index (κ1) is 14.4. The fourth-order valence-corrected chi connectivity index (χ4v) is 1.73. The summed E-state index contributed by atoms with van der Waals surface area (Å²) < 4.78 is 0. The molecule has 0 aromatic heterocycles. The highest BCUT2D eigenvalue weighted by Crippen LogP contribution is 2.08. The summed E-state index contributed by atoms with van der Waals surface area (Å²) in [4.78, 5) is 4.64. The van der Waals surface area contributed by atoms with Gasteiger partial charge in [-0.25, -0.2) is 0 Å². The Morgan fingerprint density at radius 2 is 1.80 bits per heavy atom. The normalized spacial score (nSPS) is 13.1. The van der Waals surface area contributed by atoms with Gasteiger partial charge in [0.25, 0.3) is 0 Å². The summed E-state index contributed by atoms with van der Waals surface area (Å²) in [6.45, 7) is 7.61.